The van der Waals surface area contributed by atoms with Gasteiger partial charge in [0.25, 0.3) is 0 Å². The zero-order valence-corrected chi connectivity index (χ0v) is 10.7. The van der Waals surface area contributed by atoms with Crippen molar-refractivity contribution in [2.75, 3.05) is 39.4 Å². The Labute approximate surface area is 111 Å². The van der Waals surface area contributed by atoms with Crippen LogP contribution in [0, 0.1) is 0 Å². The molecule has 3 heterocycles. The lowest BCUT2D eigenvalue weighted by atomic mass is 10.2. The van der Waals surface area contributed by atoms with Crippen LogP contribution in [0.15, 0.2) is 24.5 Å². The van der Waals surface area contributed by atoms with Crippen molar-refractivity contribution in [3.63, 3.8) is 0 Å². The van der Waals surface area contributed by atoms with E-state index in [9.17, 15) is 4.79 Å². The first kappa shape index (κ1) is 12.2. The van der Waals surface area contributed by atoms with Crippen LogP contribution < -0.4 is 4.74 Å². The minimum absolute atomic E-state index is 0.0780. The first-order valence-electron chi connectivity index (χ1n) is 6.51. The van der Waals surface area contributed by atoms with E-state index in [1.54, 1.807) is 12.4 Å². The minimum atomic E-state index is 0.0780. The van der Waals surface area contributed by atoms with Crippen LogP contribution in [0.3, 0.4) is 0 Å². The maximum atomic E-state index is 12.1. The minimum Gasteiger partial charge on any atom is -0.485 e. The molecule has 1 aromatic rings. The molecule has 2 aliphatic heterocycles. The first-order valence-corrected chi connectivity index (χ1v) is 6.51. The number of nitrogens with zero attached hydrogens (tertiary/aromatic N) is 3. The standard InChI is InChI=1S/C13H17N3O3/c17-13(15-4-6-18-7-5-15)16-9-12(10-16)19-11-2-1-3-14-8-11/h1-3,8,12H,4-7,9-10H2. The Hall–Kier alpha value is -1.82. The smallest absolute Gasteiger partial charge is 0.320 e. The number of likely N-dealkylation sites (tertiary alicyclic amines) is 1. The van der Waals surface area contributed by atoms with Gasteiger partial charge in [-0.1, -0.05) is 0 Å². The predicted octanol–water partition coefficient (Wildman–Crippen LogP) is 0.597. The second kappa shape index (κ2) is 5.44. The molecule has 0 bridgehead atoms. The van der Waals surface area contributed by atoms with Crippen molar-refractivity contribution in [3.05, 3.63) is 24.5 Å². The highest BCUT2D eigenvalue weighted by Crippen LogP contribution is 2.18. The monoisotopic (exact) mass is 263 g/mol. The van der Waals surface area contributed by atoms with Gasteiger partial charge >= 0.3 is 6.03 Å². The summed E-state index contributed by atoms with van der Waals surface area (Å²) in [6.45, 7) is 3.92. The van der Waals surface area contributed by atoms with Crippen molar-refractivity contribution in [2.24, 2.45) is 0 Å². The molecule has 2 saturated heterocycles. The second-order valence-corrected chi connectivity index (χ2v) is 4.72. The van der Waals surface area contributed by atoms with Gasteiger partial charge in [-0.05, 0) is 12.1 Å². The number of hydrogen-bond acceptors (Lipinski definition) is 4. The number of rotatable bonds is 2. The molecule has 0 aliphatic carbocycles. The van der Waals surface area contributed by atoms with E-state index in [0.717, 1.165) is 5.75 Å². The molecular formula is C13H17N3O3. The molecule has 6 heteroatoms. The van der Waals surface area contributed by atoms with Gasteiger partial charge in [0.15, 0.2) is 0 Å². The average Bonchev–Trinajstić information content (AvgIpc) is 2.44. The molecule has 0 N–H and O–H groups in total. The molecule has 2 aliphatic rings. The number of urea groups is 1. The van der Waals surface area contributed by atoms with Crippen molar-refractivity contribution in [3.8, 4) is 5.75 Å². The van der Waals surface area contributed by atoms with E-state index in [1.807, 2.05) is 21.9 Å². The summed E-state index contributed by atoms with van der Waals surface area (Å²) in [5, 5.41) is 0. The lowest BCUT2D eigenvalue weighted by Gasteiger charge is -2.42. The normalized spacial score (nSPS) is 20.0. The molecule has 0 aromatic carbocycles. The van der Waals surface area contributed by atoms with Crippen LogP contribution in [0.5, 0.6) is 5.75 Å². The number of aromatic nitrogens is 1. The summed E-state index contributed by atoms with van der Waals surface area (Å²) in [5.74, 6) is 0.756. The summed E-state index contributed by atoms with van der Waals surface area (Å²) < 4.78 is 11.0. The Morgan fingerprint density at radius 2 is 2.11 bits per heavy atom. The number of morpholine rings is 1. The molecule has 2 fully saturated rings. The average molecular weight is 263 g/mol. The number of pyridine rings is 1. The van der Waals surface area contributed by atoms with Crippen LogP contribution in [0.2, 0.25) is 0 Å². The Balaban J connectivity index is 1.46. The van der Waals surface area contributed by atoms with E-state index in [0.29, 0.717) is 39.4 Å². The molecule has 102 valence electrons. The Morgan fingerprint density at radius 1 is 1.32 bits per heavy atom. The summed E-state index contributed by atoms with van der Waals surface area (Å²) in [7, 11) is 0. The maximum absolute atomic E-state index is 12.1. The van der Waals surface area contributed by atoms with Crippen molar-refractivity contribution in [2.45, 2.75) is 6.10 Å². The fourth-order valence-electron chi connectivity index (χ4n) is 2.23. The number of ether oxygens (including phenoxy) is 2. The largest absolute Gasteiger partial charge is 0.485 e. The van der Waals surface area contributed by atoms with Gasteiger partial charge in [-0.25, -0.2) is 4.79 Å². The molecule has 0 saturated carbocycles. The molecule has 0 unspecified atom stereocenters. The van der Waals surface area contributed by atoms with Gasteiger partial charge in [0.05, 0.1) is 32.5 Å². The van der Waals surface area contributed by atoms with Gasteiger partial charge in [-0.15, -0.1) is 0 Å². The lowest BCUT2D eigenvalue weighted by Crippen LogP contribution is -2.60. The zero-order valence-electron chi connectivity index (χ0n) is 10.7. The Bertz CT molecular complexity index is 428. The molecule has 19 heavy (non-hydrogen) atoms. The van der Waals surface area contributed by atoms with Crippen LogP contribution in [0.4, 0.5) is 4.79 Å². The third-order valence-electron chi connectivity index (χ3n) is 3.34. The van der Waals surface area contributed by atoms with Crippen LogP contribution in [-0.4, -0.2) is 66.3 Å². The number of amides is 2. The highest BCUT2D eigenvalue weighted by atomic mass is 16.5. The summed E-state index contributed by atoms with van der Waals surface area (Å²) in [6, 6.07) is 3.80. The molecule has 0 radical (unpaired) electrons. The number of carbonyl (C=O) groups is 1. The van der Waals surface area contributed by atoms with Crippen molar-refractivity contribution < 1.29 is 14.3 Å². The Kier molecular flexibility index (Phi) is 3.50. The topological polar surface area (TPSA) is 54.9 Å². The van der Waals surface area contributed by atoms with Crippen LogP contribution >= 0.6 is 0 Å². The second-order valence-electron chi connectivity index (χ2n) is 4.72. The van der Waals surface area contributed by atoms with E-state index in [1.165, 1.54) is 0 Å². The van der Waals surface area contributed by atoms with Crippen molar-refractivity contribution >= 4 is 6.03 Å². The molecule has 0 spiro atoms. The summed E-state index contributed by atoms with van der Waals surface area (Å²) in [6.07, 6.45) is 3.48. The number of carbonyl (C=O) groups excluding carboxylic acids is 1. The predicted molar refractivity (Wildman–Crippen MR) is 68.0 cm³/mol. The van der Waals surface area contributed by atoms with Gasteiger partial charge in [-0.2, -0.15) is 0 Å². The number of hydrogen-bond donors (Lipinski definition) is 0. The molecule has 3 rings (SSSR count). The highest BCUT2D eigenvalue weighted by molar-refractivity contribution is 5.75. The van der Waals surface area contributed by atoms with Crippen LogP contribution in [0.1, 0.15) is 0 Å². The van der Waals surface area contributed by atoms with Crippen LogP contribution in [-0.2, 0) is 4.74 Å². The van der Waals surface area contributed by atoms with E-state index in [2.05, 4.69) is 4.98 Å². The Morgan fingerprint density at radius 3 is 2.79 bits per heavy atom. The fourth-order valence-corrected chi connectivity index (χ4v) is 2.23. The van der Waals surface area contributed by atoms with Gasteiger partial charge in [0, 0.05) is 19.3 Å². The molecule has 2 amide bonds. The summed E-state index contributed by atoms with van der Waals surface area (Å²) >= 11 is 0. The van der Waals surface area contributed by atoms with Gasteiger partial charge in [-0.3, -0.25) is 4.98 Å². The lowest BCUT2D eigenvalue weighted by molar-refractivity contribution is 0.00716. The first-order chi connectivity index (χ1) is 9.33. The fraction of sp³-hybridized carbons (Fsp3) is 0.538. The molecule has 1 aromatic heterocycles. The van der Waals surface area contributed by atoms with Crippen molar-refractivity contribution in [1.29, 1.82) is 0 Å². The molecule has 6 nitrogen and oxygen atoms in total. The summed E-state index contributed by atoms with van der Waals surface area (Å²) in [5.41, 5.74) is 0. The van der Waals surface area contributed by atoms with E-state index >= 15 is 0 Å². The maximum Gasteiger partial charge on any atom is 0.320 e. The van der Waals surface area contributed by atoms with Gasteiger partial charge < -0.3 is 19.3 Å². The highest BCUT2D eigenvalue weighted by Gasteiger charge is 2.35. The molecular weight excluding hydrogens is 246 g/mol. The van der Waals surface area contributed by atoms with Crippen molar-refractivity contribution in [1.82, 2.24) is 14.8 Å². The third kappa shape index (κ3) is 2.78. The zero-order chi connectivity index (χ0) is 13.1. The van der Waals surface area contributed by atoms with E-state index < -0.39 is 0 Å². The molecule has 0 atom stereocenters. The van der Waals surface area contributed by atoms with E-state index in [4.69, 9.17) is 9.47 Å². The van der Waals surface area contributed by atoms with Gasteiger partial charge in [0.1, 0.15) is 11.9 Å². The van der Waals surface area contributed by atoms with Crippen LogP contribution in [0.25, 0.3) is 0 Å². The van der Waals surface area contributed by atoms with Gasteiger partial charge in [0.2, 0.25) is 0 Å². The SMILES string of the molecule is O=C(N1CCOCC1)N1CC(Oc2cccnc2)C1. The third-order valence-corrected chi connectivity index (χ3v) is 3.34. The van der Waals surface area contributed by atoms with E-state index in [-0.39, 0.29) is 12.1 Å². The summed E-state index contributed by atoms with van der Waals surface area (Å²) in [4.78, 5) is 19.8. The quantitative estimate of drug-likeness (QED) is 0.784.